The van der Waals surface area contributed by atoms with Crippen molar-refractivity contribution < 1.29 is 27.1 Å². The number of carbonyl (C=O) groups excluding carboxylic acids is 1. The fourth-order valence-electron chi connectivity index (χ4n) is 1.97. The van der Waals surface area contributed by atoms with Crippen LogP contribution in [0, 0.1) is 5.82 Å². The second kappa shape index (κ2) is 7.41. The summed E-state index contributed by atoms with van der Waals surface area (Å²) >= 11 is 0. The lowest BCUT2D eigenvalue weighted by Crippen LogP contribution is -2.29. The van der Waals surface area contributed by atoms with Gasteiger partial charge in [0.25, 0.3) is 0 Å². The molecule has 128 valence electrons. The molecule has 2 rings (SSSR count). The molecule has 0 aliphatic rings. The second-order valence-corrected chi connectivity index (χ2v) is 6.54. The summed E-state index contributed by atoms with van der Waals surface area (Å²) < 4.78 is 49.7. The van der Waals surface area contributed by atoms with Crippen molar-refractivity contribution in [3.63, 3.8) is 0 Å². The normalized spacial score (nSPS) is 11.1. The quantitative estimate of drug-likeness (QED) is 0.770. The minimum atomic E-state index is -3.91. The van der Waals surface area contributed by atoms with Crippen LogP contribution in [0.15, 0.2) is 47.4 Å². The number of sulfonamides is 1. The lowest BCUT2D eigenvalue weighted by Gasteiger charge is -2.10. The minimum Gasteiger partial charge on any atom is -0.493 e. The monoisotopic (exact) mass is 353 g/mol. The van der Waals surface area contributed by atoms with Gasteiger partial charge in [-0.3, -0.25) is 4.79 Å². The second-order valence-electron chi connectivity index (χ2n) is 4.77. The van der Waals surface area contributed by atoms with Crippen LogP contribution in [0.5, 0.6) is 11.5 Å². The van der Waals surface area contributed by atoms with Gasteiger partial charge < -0.3 is 9.47 Å². The van der Waals surface area contributed by atoms with E-state index >= 15 is 0 Å². The molecule has 0 heterocycles. The van der Waals surface area contributed by atoms with Crippen LogP contribution in [0.25, 0.3) is 0 Å². The number of hydrogen-bond acceptors (Lipinski definition) is 5. The molecule has 0 fully saturated rings. The summed E-state index contributed by atoms with van der Waals surface area (Å²) in [5, 5.41) is 0. The predicted octanol–water partition coefficient (Wildman–Crippen LogP) is 2.00. The summed E-state index contributed by atoms with van der Waals surface area (Å²) in [5.74, 6) is -0.305. The highest BCUT2D eigenvalue weighted by molar-refractivity contribution is 7.89. The van der Waals surface area contributed by atoms with E-state index in [1.54, 1.807) is 0 Å². The largest absolute Gasteiger partial charge is 0.493 e. The molecular formula is C16H16FNO5S. The zero-order chi connectivity index (χ0) is 17.7. The molecule has 0 saturated carbocycles. The number of methoxy groups -OCH3 is 2. The van der Waals surface area contributed by atoms with Crippen LogP contribution >= 0.6 is 0 Å². The maximum atomic E-state index is 12.8. The van der Waals surface area contributed by atoms with Gasteiger partial charge in [0.15, 0.2) is 17.3 Å². The van der Waals surface area contributed by atoms with Gasteiger partial charge in [-0.1, -0.05) is 0 Å². The molecule has 6 nitrogen and oxygen atoms in total. The van der Waals surface area contributed by atoms with E-state index in [9.17, 15) is 17.6 Å². The Morgan fingerprint density at radius 2 is 1.67 bits per heavy atom. The molecule has 0 atom stereocenters. The van der Waals surface area contributed by atoms with Crippen molar-refractivity contribution in [1.29, 1.82) is 0 Å². The van der Waals surface area contributed by atoms with Gasteiger partial charge in [-0.05, 0) is 36.4 Å². The Kier molecular flexibility index (Phi) is 5.53. The molecule has 8 heteroatoms. The fourth-order valence-corrected chi connectivity index (χ4v) is 2.96. The third kappa shape index (κ3) is 4.09. The molecule has 24 heavy (non-hydrogen) atoms. The molecular weight excluding hydrogens is 337 g/mol. The van der Waals surface area contributed by atoms with E-state index in [-0.39, 0.29) is 16.2 Å². The van der Waals surface area contributed by atoms with Crippen molar-refractivity contribution in [1.82, 2.24) is 4.72 Å². The van der Waals surface area contributed by atoms with Crippen LogP contribution in [0.3, 0.4) is 0 Å². The molecule has 0 bridgehead atoms. The summed E-state index contributed by atoms with van der Waals surface area (Å²) in [7, 11) is -1.08. The molecule has 0 amide bonds. The van der Waals surface area contributed by atoms with Crippen molar-refractivity contribution >= 4 is 15.8 Å². The first-order chi connectivity index (χ1) is 11.4. The number of hydrogen-bond donors (Lipinski definition) is 1. The van der Waals surface area contributed by atoms with E-state index in [1.807, 2.05) is 0 Å². The van der Waals surface area contributed by atoms with E-state index in [1.165, 1.54) is 44.6 Å². The predicted molar refractivity (Wildman–Crippen MR) is 85.5 cm³/mol. The molecule has 0 aromatic heterocycles. The molecule has 0 aliphatic carbocycles. The zero-order valence-electron chi connectivity index (χ0n) is 13.1. The van der Waals surface area contributed by atoms with E-state index in [4.69, 9.17) is 9.47 Å². The summed E-state index contributed by atoms with van der Waals surface area (Å²) in [5.41, 5.74) is 0.214. The first-order valence-corrected chi connectivity index (χ1v) is 8.36. The number of carbonyl (C=O) groups is 1. The molecule has 2 aromatic carbocycles. The van der Waals surface area contributed by atoms with Gasteiger partial charge >= 0.3 is 0 Å². The van der Waals surface area contributed by atoms with Crippen molar-refractivity contribution in [3.8, 4) is 11.5 Å². The average molecular weight is 353 g/mol. The highest BCUT2D eigenvalue weighted by Crippen LogP contribution is 2.29. The lowest BCUT2D eigenvalue weighted by molar-refractivity contribution is 0.0997. The third-order valence-corrected chi connectivity index (χ3v) is 4.65. The number of halogens is 1. The van der Waals surface area contributed by atoms with E-state index in [2.05, 4.69) is 4.72 Å². The lowest BCUT2D eigenvalue weighted by atomic mass is 10.1. The molecule has 0 aliphatic heterocycles. The molecule has 1 N–H and O–H groups in total. The third-order valence-electron chi connectivity index (χ3n) is 3.25. The van der Waals surface area contributed by atoms with E-state index < -0.39 is 28.2 Å². The Bertz CT molecular complexity index is 834. The van der Waals surface area contributed by atoms with Gasteiger partial charge in [-0.15, -0.1) is 0 Å². The maximum Gasteiger partial charge on any atom is 0.241 e. The van der Waals surface area contributed by atoms with Crippen LogP contribution < -0.4 is 14.2 Å². The van der Waals surface area contributed by atoms with Crippen molar-refractivity contribution in [3.05, 3.63) is 53.8 Å². The highest BCUT2D eigenvalue weighted by Gasteiger charge is 2.18. The van der Waals surface area contributed by atoms with E-state index in [0.29, 0.717) is 5.75 Å². The van der Waals surface area contributed by atoms with Crippen LogP contribution in [-0.4, -0.2) is 35.0 Å². The SMILES string of the molecule is COc1ccc(S(=O)(=O)NCC(=O)c2ccc(F)cc2)cc1OC. The number of nitrogens with one attached hydrogen (secondary N) is 1. The van der Waals surface area contributed by atoms with Crippen LogP contribution in [0.4, 0.5) is 4.39 Å². The topological polar surface area (TPSA) is 81.7 Å². The molecule has 0 spiro atoms. The summed E-state index contributed by atoms with van der Waals surface area (Å²) in [6.45, 7) is -0.442. The smallest absolute Gasteiger partial charge is 0.241 e. The first kappa shape index (κ1) is 17.9. The Balaban J connectivity index is 2.13. The van der Waals surface area contributed by atoms with Gasteiger partial charge in [0, 0.05) is 11.6 Å². The average Bonchev–Trinajstić information content (AvgIpc) is 2.59. The summed E-state index contributed by atoms with van der Waals surface area (Å²) in [6.07, 6.45) is 0. The number of rotatable bonds is 7. The standard InChI is InChI=1S/C16H16FNO5S/c1-22-15-8-7-13(9-16(15)23-2)24(20,21)18-10-14(19)11-3-5-12(17)6-4-11/h3-9,18H,10H2,1-2H3. The summed E-state index contributed by atoms with van der Waals surface area (Å²) in [6, 6.07) is 8.95. The number of ether oxygens (including phenoxy) is 2. The maximum absolute atomic E-state index is 12.8. The Morgan fingerprint density at radius 3 is 2.25 bits per heavy atom. The summed E-state index contributed by atoms with van der Waals surface area (Å²) in [4.78, 5) is 11.9. The Labute approximate surface area is 139 Å². The minimum absolute atomic E-state index is 0.0629. The van der Waals surface area contributed by atoms with Crippen LogP contribution in [0.2, 0.25) is 0 Å². The van der Waals surface area contributed by atoms with Gasteiger partial charge in [-0.25, -0.2) is 17.5 Å². The number of Topliss-reactive ketones (excluding diaryl/α,β-unsaturated/α-hetero) is 1. The first-order valence-electron chi connectivity index (χ1n) is 6.88. The van der Waals surface area contributed by atoms with Gasteiger partial charge in [-0.2, -0.15) is 0 Å². The van der Waals surface area contributed by atoms with Gasteiger partial charge in [0.1, 0.15) is 5.82 Å². The zero-order valence-corrected chi connectivity index (χ0v) is 13.9. The Morgan fingerprint density at radius 1 is 1.04 bits per heavy atom. The van der Waals surface area contributed by atoms with Gasteiger partial charge in [0.2, 0.25) is 10.0 Å². The van der Waals surface area contributed by atoms with Gasteiger partial charge in [0.05, 0.1) is 25.7 Å². The molecule has 0 radical (unpaired) electrons. The fraction of sp³-hybridized carbons (Fsp3) is 0.188. The molecule has 0 unspecified atom stereocenters. The molecule has 2 aromatic rings. The van der Waals surface area contributed by atoms with Crippen molar-refractivity contribution in [2.45, 2.75) is 4.90 Å². The number of benzene rings is 2. The number of ketones is 1. The van der Waals surface area contributed by atoms with Crippen LogP contribution in [-0.2, 0) is 10.0 Å². The molecule has 0 saturated heterocycles. The van der Waals surface area contributed by atoms with Crippen LogP contribution in [0.1, 0.15) is 10.4 Å². The Hall–Kier alpha value is -2.45. The van der Waals surface area contributed by atoms with Crippen molar-refractivity contribution in [2.24, 2.45) is 0 Å². The van der Waals surface area contributed by atoms with Crippen molar-refractivity contribution in [2.75, 3.05) is 20.8 Å². The van der Waals surface area contributed by atoms with E-state index in [0.717, 1.165) is 12.1 Å². The highest BCUT2D eigenvalue weighted by atomic mass is 32.2.